The Hall–Kier alpha value is -2.20. The number of hydrogen-bond acceptors (Lipinski definition) is 2. The van der Waals surface area contributed by atoms with Crippen LogP contribution in [0.5, 0.6) is 0 Å². The van der Waals surface area contributed by atoms with E-state index in [1.807, 2.05) is 47.4 Å². The van der Waals surface area contributed by atoms with Crippen LogP contribution >= 0.6 is 15.9 Å². The van der Waals surface area contributed by atoms with E-state index in [2.05, 4.69) is 33.0 Å². The van der Waals surface area contributed by atoms with Crippen LogP contribution in [0.4, 0.5) is 0 Å². The number of rotatable bonds is 3. The van der Waals surface area contributed by atoms with Gasteiger partial charge >= 0.3 is 0 Å². The Morgan fingerprint density at radius 3 is 2.78 bits per heavy atom. The molecule has 4 heteroatoms. The summed E-state index contributed by atoms with van der Waals surface area (Å²) in [5.74, 6) is 0.113. The molecule has 2 aromatic carbocycles. The third-order valence-electron chi connectivity index (χ3n) is 4.28. The monoisotopic (exact) mass is 366 g/mol. The highest BCUT2D eigenvalue weighted by Crippen LogP contribution is 2.29. The minimum atomic E-state index is 0.113. The van der Waals surface area contributed by atoms with E-state index in [-0.39, 0.29) is 5.91 Å². The van der Waals surface area contributed by atoms with Gasteiger partial charge in [-0.1, -0.05) is 46.3 Å². The lowest BCUT2D eigenvalue weighted by atomic mass is 10.1. The van der Waals surface area contributed by atoms with E-state index >= 15 is 0 Å². The number of carbonyl (C=O) groups is 1. The van der Waals surface area contributed by atoms with Crippen molar-refractivity contribution < 1.29 is 4.79 Å². The Kier molecular flexibility index (Phi) is 3.62. The molecule has 1 amide bonds. The minimum absolute atomic E-state index is 0.113. The molecule has 0 N–H and O–H groups in total. The lowest BCUT2D eigenvalue weighted by molar-refractivity contribution is 0.0780. The van der Waals surface area contributed by atoms with E-state index in [1.165, 1.54) is 0 Å². The number of halogens is 1. The Morgan fingerprint density at radius 1 is 1.04 bits per heavy atom. The average molecular weight is 367 g/mol. The van der Waals surface area contributed by atoms with Crippen molar-refractivity contribution >= 4 is 32.7 Å². The van der Waals surface area contributed by atoms with E-state index in [0.29, 0.717) is 13.1 Å². The molecule has 0 unspecified atom stereocenters. The molecule has 3 nitrogen and oxygen atoms in total. The van der Waals surface area contributed by atoms with Crippen molar-refractivity contribution in [3.8, 4) is 0 Å². The van der Waals surface area contributed by atoms with Gasteiger partial charge in [0.05, 0.1) is 5.52 Å². The molecular weight excluding hydrogens is 352 g/mol. The SMILES string of the molecule is O=C1c2cccc(Br)c2CN1CCc1ccc2ccccc2n1. The van der Waals surface area contributed by atoms with Crippen molar-refractivity contribution in [3.63, 3.8) is 0 Å². The number of benzene rings is 2. The third kappa shape index (κ3) is 2.63. The molecule has 3 aromatic rings. The number of hydrogen-bond donors (Lipinski definition) is 0. The highest BCUT2D eigenvalue weighted by Gasteiger charge is 2.28. The molecule has 1 aliphatic heterocycles. The summed E-state index contributed by atoms with van der Waals surface area (Å²) in [5, 5.41) is 1.14. The van der Waals surface area contributed by atoms with Gasteiger partial charge in [-0.2, -0.15) is 0 Å². The number of fused-ring (bicyclic) bond motifs is 2. The molecule has 1 aliphatic rings. The van der Waals surface area contributed by atoms with E-state index < -0.39 is 0 Å². The van der Waals surface area contributed by atoms with Gasteiger partial charge in [-0.3, -0.25) is 9.78 Å². The molecule has 4 rings (SSSR count). The highest BCUT2D eigenvalue weighted by molar-refractivity contribution is 9.10. The summed E-state index contributed by atoms with van der Waals surface area (Å²) in [7, 11) is 0. The number of pyridine rings is 1. The largest absolute Gasteiger partial charge is 0.334 e. The Balaban J connectivity index is 1.51. The first-order valence-corrected chi connectivity index (χ1v) is 8.43. The number of amides is 1. The Bertz CT molecular complexity index is 907. The molecule has 23 heavy (non-hydrogen) atoms. The van der Waals surface area contributed by atoms with Gasteiger partial charge in [0.15, 0.2) is 0 Å². The molecule has 0 saturated heterocycles. The quantitative estimate of drug-likeness (QED) is 0.695. The molecule has 1 aromatic heterocycles. The van der Waals surface area contributed by atoms with Gasteiger partial charge in [0.1, 0.15) is 0 Å². The van der Waals surface area contributed by atoms with Crippen molar-refractivity contribution in [2.45, 2.75) is 13.0 Å². The first-order valence-electron chi connectivity index (χ1n) is 7.64. The second kappa shape index (κ2) is 5.78. The van der Waals surface area contributed by atoms with E-state index in [9.17, 15) is 4.79 Å². The maximum absolute atomic E-state index is 12.5. The molecule has 0 fully saturated rings. The summed E-state index contributed by atoms with van der Waals surface area (Å²) in [4.78, 5) is 19.0. The number of aromatic nitrogens is 1. The molecule has 0 atom stereocenters. The van der Waals surface area contributed by atoms with E-state index in [4.69, 9.17) is 0 Å². The van der Waals surface area contributed by atoms with Gasteiger partial charge in [0, 0.05) is 40.6 Å². The van der Waals surface area contributed by atoms with Crippen LogP contribution in [0.3, 0.4) is 0 Å². The molecule has 0 saturated carbocycles. The molecule has 0 radical (unpaired) electrons. The number of nitrogens with zero attached hydrogens (tertiary/aromatic N) is 2. The third-order valence-corrected chi connectivity index (χ3v) is 5.02. The van der Waals surface area contributed by atoms with Crippen LogP contribution in [-0.2, 0) is 13.0 Å². The zero-order chi connectivity index (χ0) is 15.8. The fourth-order valence-corrected chi connectivity index (χ4v) is 3.52. The van der Waals surface area contributed by atoms with Crippen LogP contribution in [0.2, 0.25) is 0 Å². The number of para-hydroxylation sites is 1. The molecule has 0 spiro atoms. The van der Waals surface area contributed by atoms with Gasteiger partial charge < -0.3 is 4.90 Å². The van der Waals surface area contributed by atoms with Crippen LogP contribution in [-0.4, -0.2) is 22.3 Å². The summed E-state index contributed by atoms with van der Waals surface area (Å²) in [5.41, 5.74) is 3.92. The lowest BCUT2D eigenvalue weighted by Crippen LogP contribution is -2.26. The minimum Gasteiger partial charge on any atom is -0.334 e. The molecular formula is C19H15BrN2O. The van der Waals surface area contributed by atoms with Gasteiger partial charge in [-0.25, -0.2) is 0 Å². The predicted molar refractivity (Wildman–Crippen MR) is 94.3 cm³/mol. The van der Waals surface area contributed by atoms with Crippen LogP contribution in [0.25, 0.3) is 10.9 Å². The van der Waals surface area contributed by atoms with Crippen LogP contribution in [0.1, 0.15) is 21.6 Å². The zero-order valence-electron chi connectivity index (χ0n) is 12.5. The molecule has 0 bridgehead atoms. The fraction of sp³-hybridized carbons (Fsp3) is 0.158. The van der Waals surface area contributed by atoms with Crippen LogP contribution < -0.4 is 0 Å². The van der Waals surface area contributed by atoms with Crippen LogP contribution in [0.15, 0.2) is 59.1 Å². The summed E-state index contributed by atoms with van der Waals surface area (Å²) in [6, 6.07) is 18.0. The highest BCUT2D eigenvalue weighted by atomic mass is 79.9. The van der Waals surface area contributed by atoms with Crippen molar-refractivity contribution in [1.29, 1.82) is 0 Å². The Labute approximate surface area is 143 Å². The van der Waals surface area contributed by atoms with Gasteiger partial charge in [-0.15, -0.1) is 0 Å². The molecule has 0 aliphatic carbocycles. The van der Waals surface area contributed by atoms with E-state index in [0.717, 1.165) is 38.6 Å². The van der Waals surface area contributed by atoms with Crippen LogP contribution in [0, 0.1) is 0 Å². The van der Waals surface area contributed by atoms with E-state index in [1.54, 1.807) is 0 Å². The second-order valence-corrected chi connectivity index (χ2v) is 6.59. The van der Waals surface area contributed by atoms with Gasteiger partial charge in [0.2, 0.25) is 0 Å². The average Bonchev–Trinajstić information content (AvgIpc) is 2.91. The standard InChI is InChI=1S/C19H15BrN2O/c20-17-6-3-5-15-16(17)12-22(19(15)23)11-10-14-9-8-13-4-1-2-7-18(13)21-14/h1-9H,10-12H2. The lowest BCUT2D eigenvalue weighted by Gasteiger charge is -2.15. The molecule has 2 heterocycles. The van der Waals surface area contributed by atoms with Crippen molar-refractivity contribution in [1.82, 2.24) is 9.88 Å². The maximum atomic E-state index is 12.5. The molecule has 114 valence electrons. The zero-order valence-corrected chi connectivity index (χ0v) is 14.1. The van der Waals surface area contributed by atoms with Crippen molar-refractivity contribution in [2.75, 3.05) is 6.54 Å². The first kappa shape index (κ1) is 14.4. The normalized spacial score (nSPS) is 13.6. The maximum Gasteiger partial charge on any atom is 0.254 e. The van der Waals surface area contributed by atoms with Gasteiger partial charge in [0.25, 0.3) is 5.91 Å². The summed E-state index contributed by atoms with van der Waals surface area (Å²) in [6.07, 6.45) is 0.766. The van der Waals surface area contributed by atoms with Crippen molar-refractivity contribution in [3.05, 3.63) is 75.9 Å². The first-order chi connectivity index (χ1) is 11.2. The summed E-state index contributed by atoms with van der Waals surface area (Å²) < 4.78 is 1.01. The van der Waals surface area contributed by atoms with Crippen molar-refractivity contribution in [2.24, 2.45) is 0 Å². The summed E-state index contributed by atoms with van der Waals surface area (Å²) >= 11 is 3.53. The van der Waals surface area contributed by atoms with Gasteiger partial charge in [-0.05, 0) is 29.8 Å². The second-order valence-electron chi connectivity index (χ2n) is 5.74. The smallest absolute Gasteiger partial charge is 0.254 e. The topological polar surface area (TPSA) is 33.2 Å². The fourth-order valence-electron chi connectivity index (χ4n) is 3.03. The number of carbonyl (C=O) groups excluding carboxylic acids is 1. The Morgan fingerprint density at radius 2 is 1.91 bits per heavy atom. The predicted octanol–water partition coefficient (Wildman–Crippen LogP) is 4.20. The summed E-state index contributed by atoms with van der Waals surface area (Å²) in [6.45, 7) is 1.36.